The van der Waals surface area contributed by atoms with Gasteiger partial charge >= 0.3 is 0 Å². The van der Waals surface area contributed by atoms with Gasteiger partial charge < -0.3 is 4.98 Å². The quantitative estimate of drug-likeness (QED) is 0.390. The summed E-state index contributed by atoms with van der Waals surface area (Å²) in [7, 11) is 0. The standard InChI is InChI=1S/C25H18FN7/c1-2-14-10-16(13-27-12-14)18-6-7-20-23(29-18)24(33-32-20)25-30-19-8-9-28-21(22(19)31-25)15-4-3-5-17(26)11-15/h3-13H,2H2,1H3,(H,30,31)(H,32,33). The Kier molecular flexibility index (Phi) is 4.43. The minimum atomic E-state index is -0.321. The van der Waals surface area contributed by atoms with Crippen LogP contribution in [0.2, 0.25) is 0 Å². The fourth-order valence-corrected chi connectivity index (χ4v) is 3.94. The van der Waals surface area contributed by atoms with Gasteiger partial charge in [-0.15, -0.1) is 0 Å². The van der Waals surface area contributed by atoms with Crippen LogP contribution in [-0.4, -0.2) is 35.1 Å². The number of halogens is 1. The van der Waals surface area contributed by atoms with Crippen molar-refractivity contribution in [3.05, 3.63) is 78.5 Å². The van der Waals surface area contributed by atoms with Crippen LogP contribution >= 0.6 is 0 Å². The molecule has 5 aromatic heterocycles. The first-order valence-electron chi connectivity index (χ1n) is 10.6. The molecule has 6 rings (SSSR count). The molecule has 6 aromatic rings. The van der Waals surface area contributed by atoms with Crippen molar-refractivity contribution >= 4 is 22.1 Å². The van der Waals surface area contributed by atoms with Crippen molar-refractivity contribution < 1.29 is 4.39 Å². The molecule has 7 nitrogen and oxygen atoms in total. The van der Waals surface area contributed by atoms with E-state index < -0.39 is 0 Å². The molecule has 0 radical (unpaired) electrons. The first-order valence-corrected chi connectivity index (χ1v) is 10.6. The van der Waals surface area contributed by atoms with Gasteiger partial charge in [-0.3, -0.25) is 15.1 Å². The molecule has 5 heterocycles. The van der Waals surface area contributed by atoms with Crippen molar-refractivity contribution in [3.63, 3.8) is 0 Å². The largest absolute Gasteiger partial charge is 0.336 e. The van der Waals surface area contributed by atoms with Crippen molar-refractivity contribution in [1.29, 1.82) is 0 Å². The Labute approximate surface area is 187 Å². The van der Waals surface area contributed by atoms with E-state index in [1.807, 2.05) is 36.7 Å². The van der Waals surface area contributed by atoms with E-state index >= 15 is 0 Å². The molecular weight excluding hydrogens is 417 g/mol. The van der Waals surface area contributed by atoms with Crippen molar-refractivity contribution in [2.75, 3.05) is 0 Å². The third-order valence-corrected chi connectivity index (χ3v) is 5.63. The van der Waals surface area contributed by atoms with Crippen molar-refractivity contribution in [3.8, 4) is 34.0 Å². The second-order valence-corrected chi connectivity index (χ2v) is 7.75. The van der Waals surface area contributed by atoms with Gasteiger partial charge in [0.1, 0.15) is 16.9 Å². The maximum Gasteiger partial charge on any atom is 0.161 e. The Bertz CT molecular complexity index is 1630. The molecular formula is C25H18FN7. The Balaban J connectivity index is 1.49. The number of fused-ring (bicyclic) bond motifs is 2. The number of pyridine rings is 3. The summed E-state index contributed by atoms with van der Waals surface area (Å²) in [5.41, 5.74) is 7.71. The first kappa shape index (κ1) is 19.2. The summed E-state index contributed by atoms with van der Waals surface area (Å²) in [6.45, 7) is 2.10. The zero-order chi connectivity index (χ0) is 22.4. The number of nitrogens with one attached hydrogen (secondary N) is 2. The molecule has 0 saturated heterocycles. The van der Waals surface area contributed by atoms with Crippen LogP contribution in [0, 0.1) is 5.82 Å². The van der Waals surface area contributed by atoms with E-state index in [2.05, 4.69) is 38.1 Å². The van der Waals surface area contributed by atoms with Gasteiger partial charge in [-0.25, -0.2) is 14.4 Å². The number of rotatable bonds is 4. The zero-order valence-corrected chi connectivity index (χ0v) is 17.7. The molecule has 0 aliphatic heterocycles. The van der Waals surface area contributed by atoms with Gasteiger partial charge in [0, 0.05) is 29.7 Å². The molecule has 160 valence electrons. The fraction of sp³-hybridized carbons (Fsp3) is 0.0800. The molecule has 33 heavy (non-hydrogen) atoms. The Morgan fingerprint density at radius 1 is 0.879 bits per heavy atom. The van der Waals surface area contributed by atoms with Crippen LogP contribution in [0.25, 0.3) is 56.1 Å². The number of hydrogen-bond acceptors (Lipinski definition) is 5. The normalized spacial score (nSPS) is 11.5. The summed E-state index contributed by atoms with van der Waals surface area (Å²) >= 11 is 0. The van der Waals surface area contributed by atoms with Gasteiger partial charge in [-0.05, 0) is 48.4 Å². The molecule has 0 unspecified atom stereocenters. The molecule has 0 aliphatic carbocycles. The summed E-state index contributed by atoms with van der Waals surface area (Å²) in [5, 5.41) is 7.50. The molecule has 8 heteroatoms. The lowest BCUT2D eigenvalue weighted by atomic mass is 10.1. The number of H-pyrrole nitrogens is 2. The molecule has 1 aromatic carbocycles. The summed E-state index contributed by atoms with van der Waals surface area (Å²) < 4.78 is 13.8. The van der Waals surface area contributed by atoms with Crippen molar-refractivity contribution in [1.82, 2.24) is 35.1 Å². The molecule has 0 fully saturated rings. The van der Waals surface area contributed by atoms with Gasteiger partial charge in [-0.1, -0.05) is 19.1 Å². The zero-order valence-electron chi connectivity index (χ0n) is 17.7. The van der Waals surface area contributed by atoms with Crippen LogP contribution in [0.15, 0.2) is 67.1 Å². The van der Waals surface area contributed by atoms with Crippen molar-refractivity contribution in [2.24, 2.45) is 0 Å². The van der Waals surface area contributed by atoms with E-state index in [0.29, 0.717) is 33.8 Å². The Morgan fingerprint density at radius 3 is 2.67 bits per heavy atom. The third-order valence-electron chi connectivity index (χ3n) is 5.63. The molecule has 0 spiro atoms. The number of benzene rings is 1. The summed E-state index contributed by atoms with van der Waals surface area (Å²) in [6, 6.07) is 14.2. The molecule has 0 amide bonds. The number of imidazole rings is 1. The maximum atomic E-state index is 13.8. The SMILES string of the molecule is CCc1cncc(-c2ccc3[nH]nc(-c4nc5c(-c6cccc(F)c6)nccc5[nH]4)c3n2)c1. The minimum Gasteiger partial charge on any atom is -0.336 e. The molecule has 2 N–H and O–H groups in total. The smallest absolute Gasteiger partial charge is 0.161 e. The lowest BCUT2D eigenvalue weighted by molar-refractivity contribution is 0.628. The van der Waals surface area contributed by atoms with Crippen LogP contribution in [0.1, 0.15) is 12.5 Å². The maximum absolute atomic E-state index is 13.8. The highest BCUT2D eigenvalue weighted by atomic mass is 19.1. The first-order chi connectivity index (χ1) is 16.2. The molecule has 0 saturated carbocycles. The van der Waals surface area contributed by atoms with Gasteiger partial charge in [0.05, 0.1) is 22.4 Å². The minimum absolute atomic E-state index is 0.321. The van der Waals surface area contributed by atoms with Gasteiger partial charge in [0.25, 0.3) is 0 Å². The highest BCUT2D eigenvalue weighted by Crippen LogP contribution is 2.31. The van der Waals surface area contributed by atoms with Gasteiger partial charge in [0.15, 0.2) is 11.5 Å². The van der Waals surface area contributed by atoms with E-state index in [1.54, 1.807) is 12.3 Å². The number of hydrogen-bond donors (Lipinski definition) is 2. The van der Waals surface area contributed by atoms with Crippen LogP contribution in [0.4, 0.5) is 4.39 Å². The van der Waals surface area contributed by atoms with Crippen LogP contribution in [-0.2, 0) is 6.42 Å². The summed E-state index contributed by atoms with van der Waals surface area (Å²) in [4.78, 5) is 21.7. The van der Waals surface area contributed by atoms with Crippen LogP contribution in [0.3, 0.4) is 0 Å². The Morgan fingerprint density at radius 2 is 1.79 bits per heavy atom. The molecule has 0 bridgehead atoms. The molecule has 0 aliphatic rings. The van der Waals surface area contributed by atoms with E-state index in [4.69, 9.17) is 9.97 Å². The van der Waals surface area contributed by atoms with Gasteiger partial charge in [-0.2, -0.15) is 5.10 Å². The highest BCUT2D eigenvalue weighted by molar-refractivity contribution is 5.95. The third kappa shape index (κ3) is 3.32. The predicted molar refractivity (Wildman–Crippen MR) is 125 cm³/mol. The second kappa shape index (κ2) is 7.59. The van der Waals surface area contributed by atoms with Gasteiger partial charge in [0.2, 0.25) is 0 Å². The fourth-order valence-electron chi connectivity index (χ4n) is 3.94. The van der Waals surface area contributed by atoms with E-state index in [-0.39, 0.29) is 5.82 Å². The average Bonchev–Trinajstić information content (AvgIpc) is 3.47. The number of aryl methyl sites for hydroxylation is 1. The van der Waals surface area contributed by atoms with E-state index in [9.17, 15) is 4.39 Å². The number of aromatic amines is 2. The average molecular weight is 435 g/mol. The second-order valence-electron chi connectivity index (χ2n) is 7.75. The number of nitrogens with zero attached hydrogens (tertiary/aromatic N) is 5. The van der Waals surface area contributed by atoms with Crippen LogP contribution < -0.4 is 0 Å². The van der Waals surface area contributed by atoms with Crippen LogP contribution in [0.5, 0.6) is 0 Å². The predicted octanol–water partition coefficient (Wildman–Crippen LogP) is 5.33. The summed E-state index contributed by atoms with van der Waals surface area (Å²) in [5.74, 6) is 0.241. The van der Waals surface area contributed by atoms with E-state index in [0.717, 1.165) is 34.3 Å². The van der Waals surface area contributed by atoms with E-state index in [1.165, 1.54) is 12.1 Å². The highest BCUT2D eigenvalue weighted by Gasteiger charge is 2.17. The monoisotopic (exact) mass is 435 g/mol. The lowest BCUT2D eigenvalue weighted by Gasteiger charge is -2.03. The van der Waals surface area contributed by atoms with Crippen molar-refractivity contribution in [2.45, 2.75) is 13.3 Å². The summed E-state index contributed by atoms with van der Waals surface area (Å²) in [6.07, 6.45) is 6.26. The molecule has 0 atom stereocenters. The lowest BCUT2D eigenvalue weighted by Crippen LogP contribution is -1.90. The Hall–Kier alpha value is -4.46. The topological polar surface area (TPSA) is 96.0 Å². The number of aromatic nitrogens is 7.